The molecule has 12 heteroatoms. The second-order valence-corrected chi connectivity index (χ2v) is 7.00. The van der Waals surface area contributed by atoms with Gasteiger partial charge in [-0.05, 0) is 0 Å². The van der Waals surface area contributed by atoms with Crippen LogP contribution in [0.4, 0.5) is 5.82 Å². The highest BCUT2D eigenvalue weighted by Gasteiger charge is 2.44. The maximum atomic E-state index is 10.4. The van der Waals surface area contributed by atoms with Crippen molar-refractivity contribution in [1.29, 1.82) is 0 Å². The molecule has 3 rings (SSSR count). The lowest BCUT2D eigenvalue weighted by Gasteiger charge is -2.16. The Morgan fingerprint density at radius 2 is 2.23 bits per heavy atom. The molecule has 1 aliphatic rings. The zero-order valence-corrected chi connectivity index (χ0v) is 14.7. The molecule has 1 unspecified atom stereocenters. The van der Waals surface area contributed by atoms with E-state index >= 15 is 0 Å². The number of nitrogens with zero attached hydrogens (tertiary/aromatic N) is 4. The van der Waals surface area contributed by atoms with Gasteiger partial charge in [0.2, 0.25) is 6.23 Å². The zero-order valence-electron chi connectivity index (χ0n) is 13.8. The van der Waals surface area contributed by atoms with Crippen molar-refractivity contribution < 1.29 is 30.2 Å². The van der Waals surface area contributed by atoms with E-state index in [0.29, 0.717) is 35.6 Å². The predicted octanol–water partition coefficient (Wildman–Crippen LogP) is -2.11. The van der Waals surface area contributed by atoms with Gasteiger partial charge in [-0.15, -0.1) is 0 Å². The number of fused-ring (bicyclic) bond motifs is 1. The van der Waals surface area contributed by atoms with Crippen LogP contribution in [-0.2, 0) is 14.3 Å². The van der Waals surface area contributed by atoms with Crippen molar-refractivity contribution in [3.05, 3.63) is 12.7 Å². The quantitative estimate of drug-likeness (QED) is 0.224. The summed E-state index contributed by atoms with van der Waals surface area (Å²) in [7, 11) is 0. The molecule has 3 heterocycles. The van der Waals surface area contributed by atoms with Crippen LogP contribution >= 0.6 is 11.8 Å². The number of aromatic nitrogens is 4. The Morgan fingerprint density at radius 1 is 1.42 bits per heavy atom. The molecule has 11 nitrogen and oxygen atoms in total. The summed E-state index contributed by atoms with van der Waals surface area (Å²) in [4.78, 5) is 22.4. The SMILES string of the molecule is Nc1ncnc2c1ncn2[C@@H]1O[C@H](CSCC[C@H]([NH3+])OC=O)[C@H](O)C1O. The average molecular weight is 385 g/mol. The predicted molar refractivity (Wildman–Crippen MR) is 91.4 cm³/mol. The Kier molecular flexibility index (Phi) is 5.88. The number of hydrogen-bond acceptors (Lipinski definition) is 10. The molecule has 0 amide bonds. The highest BCUT2D eigenvalue weighted by atomic mass is 32.2. The lowest BCUT2D eigenvalue weighted by Crippen LogP contribution is -2.62. The normalized spacial score (nSPS) is 26.9. The molecule has 0 aliphatic carbocycles. The third-order valence-corrected chi connectivity index (χ3v) is 5.20. The molecule has 0 spiro atoms. The Labute approximate surface area is 152 Å². The molecular formula is C14H21N6O5S+. The number of aliphatic hydroxyl groups is 2. The number of nitrogen functional groups attached to an aromatic ring is 1. The van der Waals surface area contributed by atoms with Crippen molar-refractivity contribution in [3.8, 4) is 0 Å². The molecule has 0 bridgehead atoms. The van der Waals surface area contributed by atoms with Crippen LogP contribution in [0, 0.1) is 0 Å². The fourth-order valence-corrected chi connectivity index (χ4v) is 3.82. The van der Waals surface area contributed by atoms with Gasteiger partial charge in [-0.1, -0.05) is 0 Å². The van der Waals surface area contributed by atoms with Gasteiger partial charge < -0.3 is 31.2 Å². The third-order valence-electron chi connectivity index (χ3n) is 4.11. The topological polar surface area (TPSA) is 173 Å². The monoisotopic (exact) mass is 385 g/mol. The summed E-state index contributed by atoms with van der Waals surface area (Å²) < 4.78 is 12.1. The summed E-state index contributed by atoms with van der Waals surface area (Å²) in [5.41, 5.74) is 10.3. The van der Waals surface area contributed by atoms with E-state index in [-0.39, 0.29) is 5.82 Å². The van der Waals surface area contributed by atoms with Crippen molar-refractivity contribution in [1.82, 2.24) is 19.5 Å². The Hall–Kier alpha value is -1.99. The van der Waals surface area contributed by atoms with Crippen molar-refractivity contribution in [2.24, 2.45) is 0 Å². The van der Waals surface area contributed by atoms with Crippen molar-refractivity contribution in [2.75, 3.05) is 17.2 Å². The van der Waals surface area contributed by atoms with E-state index in [0.717, 1.165) is 0 Å². The molecule has 7 N–H and O–H groups in total. The van der Waals surface area contributed by atoms with Gasteiger partial charge in [-0.3, -0.25) is 9.36 Å². The van der Waals surface area contributed by atoms with E-state index in [1.165, 1.54) is 29.0 Å². The number of carbonyl (C=O) groups is 1. The summed E-state index contributed by atoms with van der Waals surface area (Å²) in [6, 6.07) is 0. The van der Waals surface area contributed by atoms with Gasteiger partial charge in [0, 0.05) is 17.9 Å². The summed E-state index contributed by atoms with van der Waals surface area (Å²) >= 11 is 1.51. The Bertz CT molecular complexity index is 761. The van der Waals surface area contributed by atoms with Crippen LogP contribution in [0.2, 0.25) is 0 Å². The number of hydrogen-bond donors (Lipinski definition) is 4. The molecule has 1 aliphatic heterocycles. The smallest absolute Gasteiger partial charge is 0.297 e. The van der Waals surface area contributed by atoms with Gasteiger partial charge in [0.15, 0.2) is 17.7 Å². The summed E-state index contributed by atoms with van der Waals surface area (Å²) in [6.07, 6.45) is -0.635. The first kappa shape index (κ1) is 18.8. The molecule has 142 valence electrons. The van der Waals surface area contributed by atoms with E-state index in [4.69, 9.17) is 15.2 Å². The van der Waals surface area contributed by atoms with Crippen LogP contribution < -0.4 is 11.5 Å². The maximum Gasteiger partial charge on any atom is 0.297 e. The molecule has 2 aromatic rings. The minimum Gasteiger partial charge on any atom is -0.415 e. The minimum atomic E-state index is -1.13. The average Bonchev–Trinajstić information content (AvgIpc) is 3.16. The van der Waals surface area contributed by atoms with Crippen LogP contribution in [0.5, 0.6) is 0 Å². The first-order chi connectivity index (χ1) is 12.5. The molecule has 26 heavy (non-hydrogen) atoms. The molecule has 0 saturated carbocycles. The number of thioether (sulfide) groups is 1. The molecular weight excluding hydrogens is 364 g/mol. The molecule has 5 atom stereocenters. The standard InChI is InChI=1S/C14H20N6O5S/c15-8(24-6-21)1-2-26-3-7-10(22)11(23)14(25-7)20-5-19-9-12(16)17-4-18-13(9)20/h4-8,10-11,14,22-23H,1-3,15H2,(H2,16,17,18)/p+1/t7-,8-,10+,11?,14-/m1/s1. The largest absolute Gasteiger partial charge is 0.415 e. The van der Waals surface area contributed by atoms with Crippen LogP contribution in [0.25, 0.3) is 11.2 Å². The van der Waals surface area contributed by atoms with Gasteiger partial charge in [0.25, 0.3) is 6.47 Å². The number of nitrogens with two attached hydrogens (primary N) is 1. The Balaban J connectivity index is 1.62. The molecule has 2 aromatic heterocycles. The van der Waals surface area contributed by atoms with Crippen LogP contribution in [-0.4, -0.2) is 72.2 Å². The third kappa shape index (κ3) is 3.73. The number of carbonyl (C=O) groups excluding carboxylic acids is 1. The number of quaternary nitrogens is 1. The number of anilines is 1. The van der Waals surface area contributed by atoms with Crippen molar-refractivity contribution in [2.45, 2.75) is 37.2 Å². The van der Waals surface area contributed by atoms with Gasteiger partial charge in [-0.25, -0.2) is 15.0 Å². The lowest BCUT2D eigenvalue weighted by atomic mass is 10.1. The van der Waals surface area contributed by atoms with Crippen molar-refractivity contribution in [3.63, 3.8) is 0 Å². The molecule has 1 saturated heterocycles. The fourth-order valence-electron chi connectivity index (χ4n) is 2.71. The number of rotatable bonds is 8. The Morgan fingerprint density at radius 3 is 3.00 bits per heavy atom. The lowest BCUT2D eigenvalue weighted by molar-refractivity contribution is -0.478. The van der Waals surface area contributed by atoms with E-state index in [9.17, 15) is 15.0 Å². The minimum absolute atomic E-state index is 0.231. The highest BCUT2D eigenvalue weighted by Crippen LogP contribution is 2.33. The fraction of sp³-hybridized carbons (Fsp3) is 0.571. The van der Waals surface area contributed by atoms with Crippen LogP contribution in [0.3, 0.4) is 0 Å². The van der Waals surface area contributed by atoms with Crippen molar-refractivity contribution >= 4 is 35.2 Å². The zero-order chi connectivity index (χ0) is 18.7. The van der Waals surface area contributed by atoms with Gasteiger partial charge in [0.1, 0.15) is 24.1 Å². The van der Waals surface area contributed by atoms with E-state index in [1.807, 2.05) is 0 Å². The second kappa shape index (κ2) is 8.14. The number of aliphatic hydroxyl groups excluding tert-OH is 2. The van der Waals surface area contributed by atoms with Gasteiger partial charge >= 0.3 is 0 Å². The van der Waals surface area contributed by atoms with E-state index < -0.39 is 30.8 Å². The maximum absolute atomic E-state index is 10.4. The van der Waals surface area contributed by atoms with E-state index in [1.54, 1.807) is 0 Å². The molecule has 0 aromatic carbocycles. The summed E-state index contributed by atoms with van der Waals surface area (Å²) in [5, 5.41) is 20.7. The van der Waals surface area contributed by atoms with Gasteiger partial charge in [-0.2, -0.15) is 11.8 Å². The van der Waals surface area contributed by atoms with Crippen LogP contribution in [0.1, 0.15) is 12.6 Å². The van der Waals surface area contributed by atoms with Gasteiger partial charge in [0.05, 0.1) is 12.4 Å². The first-order valence-electron chi connectivity index (χ1n) is 7.97. The van der Waals surface area contributed by atoms with E-state index in [2.05, 4.69) is 20.7 Å². The second-order valence-electron chi connectivity index (χ2n) is 5.85. The first-order valence-corrected chi connectivity index (χ1v) is 9.13. The number of ether oxygens (including phenoxy) is 2. The molecule has 0 radical (unpaired) electrons. The summed E-state index contributed by atoms with van der Waals surface area (Å²) in [6.45, 7) is 0.374. The molecule has 1 fully saturated rings. The number of imidazole rings is 1. The van der Waals surface area contributed by atoms with Crippen LogP contribution in [0.15, 0.2) is 12.7 Å². The highest BCUT2D eigenvalue weighted by molar-refractivity contribution is 7.99. The summed E-state index contributed by atoms with van der Waals surface area (Å²) in [5.74, 6) is 1.37.